The Morgan fingerprint density at radius 3 is 2.15 bits per heavy atom. The number of hydrogen-bond donors (Lipinski definition) is 5. The highest BCUT2D eigenvalue weighted by atomic mass is 16.4. The Labute approximate surface area is 157 Å². The van der Waals surface area contributed by atoms with Gasteiger partial charge in [-0.3, -0.25) is 0 Å². The molecule has 0 spiro atoms. The summed E-state index contributed by atoms with van der Waals surface area (Å²) >= 11 is 0. The van der Waals surface area contributed by atoms with Crippen LogP contribution in [0.4, 0.5) is 5.69 Å². The van der Waals surface area contributed by atoms with Crippen LogP contribution in [0.1, 0.15) is 11.1 Å². The Bertz CT molecular complexity index is 932. The normalized spacial score (nSPS) is 10.6. The fourth-order valence-electron chi connectivity index (χ4n) is 2.87. The molecule has 0 unspecified atom stereocenters. The van der Waals surface area contributed by atoms with Gasteiger partial charge in [-0.2, -0.15) is 0 Å². The zero-order valence-electron chi connectivity index (χ0n) is 14.5. The summed E-state index contributed by atoms with van der Waals surface area (Å²) < 4.78 is 0. The molecular weight excluding hydrogens is 345 g/mol. The number of benzene rings is 3. The van der Waals surface area contributed by atoms with E-state index in [0.717, 1.165) is 0 Å². The summed E-state index contributed by atoms with van der Waals surface area (Å²) in [6, 6.07) is 17.9. The molecule has 0 heterocycles. The summed E-state index contributed by atoms with van der Waals surface area (Å²) in [4.78, 5) is 1.86. The Morgan fingerprint density at radius 1 is 0.704 bits per heavy atom. The van der Waals surface area contributed by atoms with Crippen LogP contribution >= 0.6 is 0 Å². The quantitative estimate of drug-likeness (QED) is 0.336. The molecule has 0 aliphatic heterocycles. The lowest BCUT2D eigenvalue weighted by molar-refractivity contribution is 0.425. The largest absolute Gasteiger partial charge is 0.508 e. The average Bonchev–Trinajstić information content (AvgIpc) is 2.66. The molecule has 0 aromatic heterocycles. The molecule has 0 fully saturated rings. The van der Waals surface area contributed by atoms with Gasteiger partial charge in [0.1, 0.15) is 17.2 Å². The Balaban J connectivity index is 1.99. The van der Waals surface area contributed by atoms with Crippen LogP contribution in [0, 0.1) is 0 Å². The number of anilines is 1. The smallest absolute Gasteiger partial charge is 0.488 e. The van der Waals surface area contributed by atoms with Gasteiger partial charge < -0.3 is 30.3 Å². The molecule has 0 amide bonds. The second-order valence-corrected chi connectivity index (χ2v) is 6.27. The van der Waals surface area contributed by atoms with E-state index >= 15 is 0 Å². The highest BCUT2D eigenvalue weighted by Gasteiger charge is 2.17. The third kappa shape index (κ3) is 4.52. The summed E-state index contributed by atoms with van der Waals surface area (Å²) in [6.45, 7) is 0.548. The van der Waals surface area contributed by atoms with Gasteiger partial charge >= 0.3 is 7.12 Å². The third-order valence-corrected chi connectivity index (χ3v) is 4.31. The van der Waals surface area contributed by atoms with Gasteiger partial charge in [0.2, 0.25) is 0 Å². The molecule has 0 radical (unpaired) electrons. The van der Waals surface area contributed by atoms with Crippen LogP contribution in [0.3, 0.4) is 0 Å². The minimum Gasteiger partial charge on any atom is -0.508 e. The molecule has 3 rings (SSSR count). The zero-order valence-corrected chi connectivity index (χ0v) is 14.5. The van der Waals surface area contributed by atoms with Gasteiger partial charge in [-0.25, -0.2) is 0 Å². The fraction of sp³-hybridized carbons (Fsp3) is 0.100. The maximum atomic E-state index is 10.1. The van der Waals surface area contributed by atoms with Crippen LogP contribution < -0.4 is 10.4 Å². The van der Waals surface area contributed by atoms with E-state index in [2.05, 4.69) is 0 Å². The van der Waals surface area contributed by atoms with Crippen LogP contribution in [-0.4, -0.2) is 32.5 Å². The topological polar surface area (TPSA) is 104 Å². The van der Waals surface area contributed by atoms with E-state index in [1.165, 1.54) is 18.2 Å². The molecule has 3 aromatic rings. The maximum Gasteiger partial charge on any atom is 0.488 e. The van der Waals surface area contributed by atoms with Crippen molar-refractivity contribution in [2.24, 2.45) is 0 Å². The summed E-state index contributed by atoms with van der Waals surface area (Å²) in [7, 11) is -1.61. The fourth-order valence-corrected chi connectivity index (χ4v) is 2.87. The van der Waals surface area contributed by atoms with E-state index < -0.39 is 7.12 Å². The monoisotopic (exact) mass is 365 g/mol. The number of nitrogens with zero attached hydrogens (tertiary/aromatic N) is 1. The first-order valence-electron chi connectivity index (χ1n) is 8.43. The molecule has 3 aromatic carbocycles. The molecule has 27 heavy (non-hydrogen) atoms. The Hall–Kier alpha value is -3.16. The molecule has 6 nitrogen and oxygen atoms in total. The number of para-hydroxylation sites is 1. The van der Waals surface area contributed by atoms with Crippen molar-refractivity contribution in [1.82, 2.24) is 0 Å². The minimum absolute atomic E-state index is 0.0323. The van der Waals surface area contributed by atoms with Crippen molar-refractivity contribution < 1.29 is 25.4 Å². The number of phenols is 3. The van der Waals surface area contributed by atoms with E-state index in [9.17, 15) is 25.4 Å². The van der Waals surface area contributed by atoms with Gasteiger partial charge in [0.15, 0.2) is 0 Å². The predicted octanol–water partition coefficient (Wildman–Crippen LogP) is 1.69. The summed E-state index contributed by atoms with van der Waals surface area (Å²) in [5.74, 6) is 0.208. The second kappa shape index (κ2) is 8.03. The Morgan fingerprint density at radius 2 is 1.41 bits per heavy atom. The van der Waals surface area contributed by atoms with Crippen molar-refractivity contribution in [3.05, 3.63) is 77.9 Å². The minimum atomic E-state index is -1.61. The summed E-state index contributed by atoms with van der Waals surface area (Å²) in [6.07, 6.45) is 0. The molecule has 0 aliphatic rings. The van der Waals surface area contributed by atoms with Crippen LogP contribution in [0.15, 0.2) is 66.7 Å². The van der Waals surface area contributed by atoms with Crippen molar-refractivity contribution in [2.75, 3.05) is 4.90 Å². The van der Waals surface area contributed by atoms with E-state index in [0.29, 0.717) is 28.8 Å². The lowest BCUT2D eigenvalue weighted by Crippen LogP contribution is -2.31. The summed E-state index contributed by atoms with van der Waals surface area (Å²) in [5, 5.41) is 48.9. The molecular formula is C20H20BNO5. The van der Waals surface area contributed by atoms with Gasteiger partial charge in [0.25, 0.3) is 0 Å². The van der Waals surface area contributed by atoms with E-state index in [1.807, 2.05) is 11.0 Å². The van der Waals surface area contributed by atoms with Crippen molar-refractivity contribution in [3.63, 3.8) is 0 Å². The molecule has 7 heteroatoms. The second-order valence-electron chi connectivity index (χ2n) is 6.27. The van der Waals surface area contributed by atoms with Crippen molar-refractivity contribution in [3.8, 4) is 17.2 Å². The third-order valence-electron chi connectivity index (χ3n) is 4.31. The van der Waals surface area contributed by atoms with Crippen molar-refractivity contribution in [1.29, 1.82) is 0 Å². The van der Waals surface area contributed by atoms with Gasteiger partial charge in [0.05, 0.1) is 0 Å². The molecule has 0 bridgehead atoms. The first-order chi connectivity index (χ1) is 12.9. The van der Waals surface area contributed by atoms with Crippen LogP contribution in [-0.2, 0) is 13.1 Å². The number of phenolic OH excluding ortho intramolecular Hbond substituents is 3. The van der Waals surface area contributed by atoms with Gasteiger partial charge in [-0.1, -0.05) is 30.3 Å². The highest BCUT2D eigenvalue weighted by Crippen LogP contribution is 2.28. The SMILES string of the molecule is OB(O)c1cccc(N(Cc2ccccc2O)Cc2cc(O)ccc2O)c1. The molecule has 0 atom stereocenters. The van der Waals surface area contributed by atoms with Crippen molar-refractivity contribution >= 4 is 18.3 Å². The zero-order chi connectivity index (χ0) is 19.4. The van der Waals surface area contributed by atoms with E-state index in [-0.39, 0.29) is 23.8 Å². The van der Waals surface area contributed by atoms with E-state index in [4.69, 9.17) is 0 Å². The highest BCUT2D eigenvalue weighted by molar-refractivity contribution is 6.58. The van der Waals surface area contributed by atoms with Crippen LogP contribution in [0.2, 0.25) is 0 Å². The lowest BCUT2D eigenvalue weighted by atomic mass is 9.80. The van der Waals surface area contributed by atoms with Gasteiger partial charge in [-0.15, -0.1) is 0 Å². The van der Waals surface area contributed by atoms with E-state index in [1.54, 1.807) is 42.5 Å². The molecule has 5 N–H and O–H groups in total. The Kier molecular flexibility index (Phi) is 5.54. The first-order valence-corrected chi connectivity index (χ1v) is 8.43. The summed E-state index contributed by atoms with van der Waals surface area (Å²) in [5.41, 5.74) is 2.17. The lowest BCUT2D eigenvalue weighted by Gasteiger charge is -2.26. The maximum absolute atomic E-state index is 10.1. The number of hydrogen-bond acceptors (Lipinski definition) is 6. The molecule has 0 aliphatic carbocycles. The number of aromatic hydroxyl groups is 3. The van der Waals surface area contributed by atoms with Crippen LogP contribution in [0.25, 0.3) is 0 Å². The molecule has 0 saturated carbocycles. The predicted molar refractivity (Wildman–Crippen MR) is 104 cm³/mol. The van der Waals surface area contributed by atoms with Gasteiger partial charge in [-0.05, 0) is 41.9 Å². The average molecular weight is 365 g/mol. The standard InChI is InChI=1S/C20H20BNO5/c23-18-8-9-20(25)15(10-18)13-22(12-14-4-1-2-7-19(14)24)17-6-3-5-16(11-17)21(26)27/h1-11,23-27H,12-13H2. The van der Waals surface area contributed by atoms with Gasteiger partial charge in [0, 0.05) is 29.9 Å². The van der Waals surface area contributed by atoms with Crippen LogP contribution in [0.5, 0.6) is 17.2 Å². The number of rotatable bonds is 6. The molecule has 0 saturated heterocycles. The van der Waals surface area contributed by atoms with Crippen molar-refractivity contribution in [2.45, 2.75) is 13.1 Å². The molecule has 138 valence electrons. The first kappa shape index (κ1) is 18.6.